The van der Waals surface area contributed by atoms with Crippen molar-refractivity contribution in [2.24, 2.45) is 0 Å². The zero-order chi connectivity index (χ0) is 24.5. The van der Waals surface area contributed by atoms with Crippen LogP contribution in [0.5, 0.6) is 0 Å². The first-order valence-electron chi connectivity index (χ1n) is 12.1. The van der Waals surface area contributed by atoms with E-state index in [1.165, 1.54) is 58.8 Å². The lowest BCUT2D eigenvalue weighted by Crippen LogP contribution is -1.94. The van der Waals surface area contributed by atoms with E-state index >= 15 is 0 Å². The molecule has 174 valence electrons. The Kier molecular flexibility index (Phi) is 6.64. The van der Waals surface area contributed by atoms with Crippen LogP contribution in [0.3, 0.4) is 0 Å². The Bertz CT molecular complexity index is 1750. The molecule has 1 nitrogen and oxygen atoms in total. The van der Waals surface area contributed by atoms with Crippen LogP contribution < -0.4 is 0 Å². The minimum atomic E-state index is 1.12. The quantitative estimate of drug-likeness (QED) is 0.198. The molecule has 0 aliphatic carbocycles. The van der Waals surface area contributed by atoms with Gasteiger partial charge in [0, 0.05) is 41.1 Å². The third kappa shape index (κ3) is 4.03. The molecular weight excluding hydrogens is 510 g/mol. The van der Waals surface area contributed by atoms with Crippen LogP contribution >= 0.6 is 27.3 Å². The van der Waals surface area contributed by atoms with Crippen molar-refractivity contribution in [3.05, 3.63) is 102 Å². The van der Waals surface area contributed by atoms with Gasteiger partial charge in [0.2, 0.25) is 0 Å². The Hall–Kier alpha value is -3.14. The zero-order valence-electron chi connectivity index (χ0n) is 20.5. The van der Waals surface area contributed by atoms with E-state index in [0.717, 1.165) is 4.47 Å². The van der Waals surface area contributed by atoms with Crippen molar-refractivity contribution in [2.75, 3.05) is 0 Å². The molecule has 6 rings (SSSR count). The minimum Gasteiger partial charge on any atom is -0.310 e. The summed E-state index contributed by atoms with van der Waals surface area (Å²) in [6, 6.07) is 29.0. The predicted molar refractivity (Wildman–Crippen MR) is 162 cm³/mol. The van der Waals surface area contributed by atoms with Gasteiger partial charge >= 0.3 is 0 Å². The number of allylic oxidation sites excluding steroid dienone is 4. The summed E-state index contributed by atoms with van der Waals surface area (Å²) in [5.41, 5.74) is 6.17. The highest BCUT2D eigenvalue weighted by Crippen LogP contribution is 2.39. The smallest absolute Gasteiger partial charge is 0.0541 e. The van der Waals surface area contributed by atoms with E-state index in [9.17, 15) is 0 Å². The standard InChI is InChI=1S/C30H22BrNS.C2H6/c1-3-7-22(4-2)32-27-9-6-5-8-23(27)25-16-19(11-14-28(25)32)20-10-13-24-26-18-21(31)12-15-29(26)33-30(24)17-20;1-2/h3-18H,1-2H3;1-2H3/b7-3-,22-4+;. The molecular formula is C32H28BrNS. The van der Waals surface area contributed by atoms with Crippen molar-refractivity contribution in [1.29, 1.82) is 0 Å². The van der Waals surface area contributed by atoms with E-state index in [-0.39, 0.29) is 0 Å². The average molecular weight is 539 g/mol. The van der Waals surface area contributed by atoms with Gasteiger partial charge in [-0.3, -0.25) is 0 Å². The summed E-state index contributed by atoms with van der Waals surface area (Å²) in [5.74, 6) is 0. The number of benzene rings is 4. The molecule has 3 heteroatoms. The van der Waals surface area contributed by atoms with Gasteiger partial charge in [-0.15, -0.1) is 11.3 Å². The van der Waals surface area contributed by atoms with E-state index in [4.69, 9.17) is 0 Å². The number of aromatic nitrogens is 1. The largest absolute Gasteiger partial charge is 0.310 e. The number of hydrogen-bond acceptors (Lipinski definition) is 1. The van der Waals surface area contributed by atoms with Gasteiger partial charge in [-0.05, 0) is 73.5 Å². The molecule has 0 aliphatic rings. The van der Waals surface area contributed by atoms with Crippen molar-refractivity contribution < 1.29 is 0 Å². The molecule has 4 aromatic carbocycles. The number of fused-ring (bicyclic) bond motifs is 6. The van der Waals surface area contributed by atoms with E-state index in [2.05, 4.69) is 131 Å². The maximum absolute atomic E-state index is 3.62. The third-order valence-electron chi connectivity index (χ3n) is 6.33. The van der Waals surface area contributed by atoms with Gasteiger partial charge < -0.3 is 4.57 Å². The lowest BCUT2D eigenvalue weighted by atomic mass is 10.0. The number of hydrogen-bond donors (Lipinski definition) is 0. The van der Waals surface area contributed by atoms with Crippen LogP contribution in [0.1, 0.15) is 27.7 Å². The summed E-state index contributed by atoms with van der Waals surface area (Å²) in [7, 11) is 0. The second-order valence-electron chi connectivity index (χ2n) is 8.25. The Morgan fingerprint density at radius 1 is 0.714 bits per heavy atom. The number of nitrogens with zero attached hydrogens (tertiary/aromatic N) is 1. The molecule has 0 bridgehead atoms. The van der Waals surface area contributed by atoms with Crippen LogP contribution in [-0.4, -0.2) is 4.57 Å². The summed E-state index contributed by atoms with van der Waals surface area (Å²) >= 11 is 5.48. The Balaban J connectivity index is 0.00000124. The molecule has 0 saturated heterocycles. The zero-order valence-corrected chi connectivity index (χ0v) is 22.9. The van der Waals surface area contributed by atoms with Crippen LogP contribution in [0, 0.1) is 0 Å². The van der Waals surface area contributed by atoms with E-state index in [1.807, 2.05) is 25.2 Å². The fourth-order valence-electron chi connectivity index (χ4n) is 4.83. The number of rotatable bonds is 3. The van der Waals surface area contributed by atoms with Crippen LogP contribution in [0.2, 0.25) is 0 Å². The van der Waals surface area contributed by atoms with Gasteiger partial charge in [0.25, 0.3) is 0 Å². The van der Waals surface area contributed by atoms with E-state index in [0.29, 0.717) is 0 Å². The lowest BCUT2D eigenvalue weighted by Gasteiger charge is -2.09. The third-order valence-corrected chi connectivity index (χ3v) is 7.96. The average Bonchev–Trinajstić information content (AvgIpc) is 3.43. The number of halogens is 1. The molecule has 0 atom stereocenters. The summed E-state index contributed by atoms with van der Waals surface area (Å²) < 4.78 is 6.14. The predicted octanol–water partition coefficient (Wildman–Crippen LogP) is 11.1. The monoisotopic (exact) mass is 537 g/mol. The second kappa shape index (κ2) is 9.85. The first kappa shape index (κ1) is 23.6. The van der Waals surface area contributed by atoms with Crippen LogP contribution in [0.25, 0.3) is 58.8 Å². The molecule has 2 heterocycles. The highest BCUT2D eigenvalue weighted by atomic mass is 79.9. The van der Waals surface area contributed by atoms with Crippen LogP contribution in [-0.2, 0) is 0 Å². The fourth-order valence-corrected chi connectivity index (χ4v) is 6.32. The van der Waals surface area contributed by atoms with E-state index < -0.39 is 0 Å². The number of thiophene rings is 1. The van der Waals surface area contributed by atoms with Crippen molar-refractivity contribution in [1.82, 2.24) is 4.57 Å². The van der Waals surface area contributed by atoms with Gasteiger partial charge in [0.05, 0.1) is 11.0 Å². The summed E-state index contributed by atoms with van der Waals surface area (Å²) in [5, 5.41) is 5.21. The second-order valence-corrected chi connectivity index (χ2v) is 10.3. The summed E-state index contributed by atoms with van der Waals surface area (Å²) in [6.45, 7) is 8.17. The molecule has 35 heavy (non-hydrogen) atoms. The van der Waals surface area contributed by atoms with Gasteiger partial charge in [0.1, 0.15) is 0 Å². The Morgan fingerprint density at radius 2 is 1.46 bits per heavy atom. The van der Waals surface area contributed by atoms with Crippen molar-refractivity contribution in [3.63, 3.8) is 0 Å². The fraction of sp³-hybridized carbons (Fsp3) is 0.125. The van der Waals surface area contributed by atoms with Crippen molar-refractivity contribution in [2.45, 2.75) is 27.7 Å². The highest BCUT2D eigenvalue weighted by molar-refractivity contribution is 9.10. The van der Waals surface area contributed by atoms with Gasteiger partial charge in [-0.1, -0.05) is 78.3 Å². The molecule has 0 amide bonds. The Morgan fingerprint density at radius 3 is 2.26 bits per heavy atom. The molecule has 0 N–H and O–H groups in total. The molecule has 6 aromatic rings. The maximum Gasteiger partial charge on any atom is 0.0541 e. The maximum atomic E-state index is 3.62. The van der Waals surface area contributed by atoms with Gasteiger partial charge in [-0.25, -0.2) is 0 Å². The molecule has 2 aromatic heterocycles. The van der Waals surface area contributed by atoms with Gasteiger partial charge in [0.15, 0.2) is 0 Å². The van der Waals surface area contributed by atoms with E-state index in [1.54, 1.807) is 0 Å². The molecule has 0 spiro atoms. The van der Waals surface area contributed by atoms with Crippen molar-refractivity contribution in [3.8, 4) is 11.1 Å². The summed E-state index contributed by atoms with van der Waals surface area (Å²) in [6.07, 6.45) is 6.45. The first-order chi connectivity index (χ1) is 17.2. The topological polar surface area (TPSA) is 4.93 Å². The minimum absolute atomic E-state index is 1.12. The van der Waals surface area contributed by atoms with Crippen molar-refractivity contribution >= 4 is 74.9 Å². The molecule has 0 unspecified atom stereocenters. The molecule has 0 saturated carbocycles. The number of para-hydroxylation sites is 1. The molecule has 0 radical (unpaired) electrons. The first-order valence-corrected chi connectivity index (χ1v) is 13.7. The van der Waals surface area contributed by atoms with Crippen LogP contribution in [0.4, 0.5) is 0 Å². The Labute approximate surface area is 219 Å². The molecule has 0 fully saturated rings. The summed E-state index contributed by atoms with van der Waals surface area (Å²) in [4.78, 5) is 0. The van der Waals surface area contributed by atoms with Crippen LogP contribution in [0.15, 0.2) is 102 Å². The van der Waals surface area contributed by atoms with Gasteiger partial charge in [-0.2, -0.15) is 0 Å². The lowest BCUT2D eigenvalue weighted by molar-refractivity contribution is 1.23. The molecule has 0 aliphatic heterocycles. The normalized spacial score (nSPS) is 12.2. The highest BCUT2D eigenvalue weighted by Gasteiger charge is 2.14. The SMILES string of the molecule is C/C=C\C(=C/C)n1c2ccccc2c2cc(-c3ccc4c(c3)sc3ccc(Br)cc34)ccc21.CC.